The molecule has 0 aliphatic carbocycles. The molecule has 0 fully saturated rings. The van der Waals surface area contributed by atoms with E-state index in [1.165, 1.54) is 154 Å². The number of carbonyl (C=O) groups excluding carboxylic acids is 3. The number of allylic oxidation sites excluding steroid dienone is 12. The Labute approximate surface area is 427 Å². The average Bonchev–Trinajstić information content (AvgIpc) is 3.35. The number of hydrogen-bond donors (Lipinski definition) is 0. The van der Waals surface area contributed by atoms with Crippen LogP contribution < -0.4 is 0 Å². The zero-order valence-electron chi connectivity index (χ0n) is 45.6. The molecule has 0 amide bonds. The fourth-order valence-corrected chi connectivity index (χ4v) is 8.22. The topological polar surface area (TPSA) is 78.9 Å². The highest BCUT2D eigenvalue weighted by Gasteiger charge is 2.19. The third-order valence-corrected chi connectivity index (χ3v) is 12.7. The molecule has 6 heteroatoms. The van der Waals surface area contributed by atoms with E-state index in [0.717, 1.165) is 96.3 Å². The van der Waals surface area contributed by atoms with Crippen LogP contribution in [0.4, 0.5) is 0 Å². The summed E-state index contributed by atoms with van der Waals surface area (Å²) in [7, 11) is 0. The monoisotopic (exact) mass is 963 g/mol. The molecule has 0 spiro atoms. The van der Waals surface area contributed by atoms with E-state index < -0.39 is 6.10 Å². The summed E-state index contributed by atoms with van der Waals surface area (Å²) in [5.74, 6) is -0.915. The van der Waals surface area contributed by atoms with Gasteiger partial charge in [-0.25, -0.2) is 0 Å². The van der Waals surface area contributed by atoms with Crippen LogP contribution in [0.3, 0.4) is 0 Å². The number of hydrogen-bond acceptors (Lipinski definition) is 6. The van der Waals surface area contributed by atoms with Gasteiger partial charge >= 0.3 is 17.9 Å². The standard InChI is InChI=1S/C63H110O6/c1-4-7-10-13-16-19-22-25-28-30-31-33-36-38-41-44-47-50-53-56-62(65)68-59-60(69-63(66)57-54-51-48-45-42-39-34-27-24-21-18-15-12-9-6-3)58-67-61(64)55-52-49-46-43-40-37-35-32-29-26-23-20-17-14-11-8-5-2/h16-17,19-20,25-26,28-29,31,33,38,41,60H,4-15,18,21-24,27,30,32,34-37,39-40,42-59H2,1-3H3/b19-16-,20-17-,28-25-,29-26-,33-31-,41-38-/t60-/m0/s1. The number of ether oxygens (including phenoxy) is 3. The lowest BCUT2D eigenvalue weighted by molar-refractivity contribution is -0.167. The maximum Gasteiger partial charge on any atom is 0.306 e. The first-order chi connectivity index (χ1) is 34.0. The predicted molar refractivity (Wildman–Crippen MR) is 298 cm³/mol. The molecule has 0 bridgehead atoms. The smallest absolute Gasteiger partial charge is 0.306 e. The van der Waals surface area contributed by atoms with Crippen molar-refractivity contribution < 1.29 is 28.6 Å². The molecule has 0 aromatic rings. The van der Waals surface area contributed by atoms with E-state index in [-0.39, 0.29) is 31.1 Å². The average molecular weight is 964 g/mol. The first kappa shape index (κ1) is 65.8. The van der Waals surface area contributed by atoms with Crippen molar-refractivity contribution in [1.82, 2.24) is 0 Å². The van der Waals surface area contributed by atoms with E-state index in [9.17, 15) is 14.4 Å². The molecule has 1 atom stereocenters. The lowest BCUT2D eigenvalue weighted by Gasteiger charge is -2.18. The minimum Gasteiger partial charge on any atom is -0.462 e. The Morgan fingerprint density at radius 2 is 0.522 bits per heavy atom. The number of unbranched alkanes of at least 4 members (excludes halogenated alkanes) is 30. The van der Waals surface area contributed by atoms with Gasteiger partial charge in [0.25, 0.3) is 0 Å². The molecule has 6 nitrogen and oxygen atoms in total. The van der Waals surface area contributed by atoms with E-state index >= 15 is 0 Å². The fraction of sp³-hybridized carbons (Fsp3) is 0.762. The van der Waals surface area contributed by atoms with Gasteiger partial charge in [-0.2, -0.15) is 0 Å². The lowest BCUT2D eigenvalue weighted by atomic mass is 10.0. The van der Waals surface area contributed by atoms with Crippen molar-refractivity contribution >= 4 is 17.9 Å². The number of esters is 3. The van der Waals surface area contributed by atoms with Crippen molar-refractivity contribution in [2.24, 2.45) is 0 Å². The molecule has 0 aromatic heterocycles. The Morgan fingerprint density at radius 1 is 0.290 bits per heavy atom. The Kier molecular flexibility index (Phi) is 54.8. The molecule has 0 radical (unpaired) electrons. The molecule has 398 valence electrons. The Hall–Kier alpha value is -3.15. The van der Waals surface area contributed by atoms with E-state index in [1.807, 2.05) is 0 Å². The second kappa shape index (κ2) is 57.4. The highest BCUT2D eigenvalue weighted by molar-refractivity contribution is 5.71. The molecule has 69 heavy (non-hydrogen) atoms. The summed E-state index contributed by atoms with van der Waals surface area (Å²) in [6.45, 7) is 6.58. The van der Waals surface area contributed by atoms with Gasteiger partial charge in [-0.3, -0.25) is 14.4 Å². The van der Waals surface area contributed by atoms with Crippen LogP contribution in [0.1, 0.15) is 290 Å². The maximum atomic E-state index is 12.9. The van der Waals surface area contributed by atoms with Crippen molar-refractivity contribution in [1.29, 1.82) is 0 Å². The van der Waals surface area contributed by atoms with Gasteiger partial charge in [-0.05, 0) is 96.3 Å². The van der Waals surface area contributed by atoms with Crippen LogP contribution in [0.15, 0.2) is 72.9 Å². The summed E-state index contributed by atoms with van der Waals surface area (Å²) in [4.78, 5) is 38.2. The second-order valence-corrected chi connectivity index (χ2v) is 19.6. The normalized spacial score (nSPS) is 12.6. The van der Waals surface area contributed by atoms with Crippen molar-refractivity contribution in [3.05, 3.63) is 72.9 Å². The third kappa shape index (κ3) is 55.6. The predicted octanol–water partition coefficient (Wildman–Crippen LogP) is 19.8. The second-order valence-electron chi connectivity index (χ2n) is 19.6. The van der Waals surface area contributed by atoms with Gasteiger partial charge in [0.05, 0.1) is 0 Å². The molecule has 0 aromatic carbocycles. The molecular weight excluding hydrogens is 853 g/mol. The van der Waals surface area contributed by atoms with Crippen LogP contribution in [0.5, 0.6) is 0 Å². The van der Waals surface area contributed by atoms with Crippen LogP contribution in [0.25, 0.3) is 0 Å². The summed E-state index contributed by atoms with van der Waals surface area (Å²) >= 11 is 0. The number of carbonyl (C=O) groups is 3. The Balaban J connectivity index is 4.43. The molecule has 0 rings (SSSR count). The Morgan fingerprint density at radius 3 is 0.855 bits per heavy atom. The summed E-state index contributed by atoms with van der Waals surface area (Å²) in [5.41, 5.74) is 0. The van der Waals surface area contributed by atoms with Gasteiger partial charge in [0.2, 0.25) is 0 Å². The Bertz CT molecular complexity index is 1290. The van der Waals surface area contributed by atoms with Gasteiger partial charge in [-0.1, -0.05) is 248 Å². The summed E-state index contributed by atoms with van der Waals surface area (Å²) in [6.07, 6.45) is 73.1. The van der Waals surface area contributed by atoms with Crippen LogP contribution in [0, 0.1) is 0 Å². The van der Waals surface area contributed by atoms with Crippen molar-refractivity contribution in [2.45, 2.75) is 297 Å². The molecule has 0 saturated carbocycles. The fourth-order valence-electron chi connectivity index (χ4n) is 8.22. The van der Waals surface area contributed by atoms with Crippen LogP contribution >= 0.6 is 0 Å². The zero-order valence-corrected chi connectivity index (χ0v) is 45.6. The quantitative estimate of drug-likeness (QED) is 0.0262. The molecule has 0 saturated heterocycles. The van der Waals surface area contributed by atoms with Crippen molar-refractivity contribution in [3.8, 4) is 0 Å². The summed E-state index contributed by atoms with van der Waals surface area (Å²) < 4.78 is 16.9. The molecular formula is C63H110O6. The third-order valence-electron chi connectivity index (χ3n) is 12.7. The van der Waals surface area contributed by atoms with Gasteiger partial charge in [-0.15, -0.1) is 0 Å². The van der Waals surface area contributed by atoms with Crippen molar-refractivity contribution in [2.75, 3.05) is 13.2 Å². The molecule has 0 N–H and O–H groups in total. The highest BCUT2D eigenvalue weighted by atomic mass is 16.6. The lowest BCUT2D eigenvalue weighted by Crippen LogP contribution is -2.30. The molecule has 0 aliphatic heterocycles. The van der Waals surface area contributed by atoms with Gasteiger partial charge in [0.1, 0.15) is 13.2 Å². The first-order valence-electron chi connectivity index (χ1n) is 29.4. The number of rotatable bonds is 53. The van der Waals surface area contributed by atoms with Crippen LogP contribution in [0.2, 0.25) is 0 Å². The van der Waals surface area contributed by atoms with Gasteiger partial charge in [0, 0.05) is 19.3 Å². The van der Waals surface area contributed by atoms with Gasteiger partial charge in [0.15, 0.2) is 6.10 Å². The minimum absolute atomic E-state index is 0.0878. The van der Waals surface area contributed by atoms with Crippen LogP contribution in [-0.2, 0) is 28.6 Å². The van der Waals surface area contributed by atoms with E-state index in [0.29, 0.717) is 19.3 Å². The zero-order chi connectivity index (χ0) is 50.0. The molecule has 0 heterocycles. The first-order valence-corrected chi connectivity index (χ1v) is 29.4. The van der Waals surface area contributed by atoms with E-state index in [2.05, 4.69) is 93.7 Å². The highest BCUT2D eigenvalue weighted by Crippen LogP contribution is 2.16. The van der Waals surface area contributed by atoms with Gasteiger partial charge < -0.3 is 14.2 Å². The largest absolute Gasteiger partial charge is 0.462 e. The molecule has 0 aliphatic rings. The van der Waals surface area contributed by atoms with Crippen LogP contribution in [-0.4, -0.2) is 37.2 Å². The van der Waals surface area contributed by atoms with E-state index in [4.69, 9.17) is 14.2 Å². The summed E-state index contributed by atoms with van der Waals surface area (Å²) in [5, 5.41) is 0. The summed E-state index contributed by atoms with van der Waals surface area (Å²) in [6, 6.07) is 0. The van der Waals surface area contributed by atoms with Crippen molar-refractivity contribution in [3.63, 3.8) is 0 Å². The SMILES string of the molecule is CCCCC/C=C\C/C=C\C/C=C\C/C=C\CCCCCC(=O)OC[C@H](COC(=O)CCCCCCCCC/C=C\C/C=C\CCCCC)OC(=O)CCCCCCCCCCCCCCCCC. The van der Waals surface area contributed by atoms with E-state index in [1.54, 1.807) is 0 Å². The maximum absolute atomic E-state index is 12.9. The molecule has 0 unspecified atom stereocenters. The minimum atomic E-state index is -0.791.